The number of Topliss-reactive ketones (excluding diaryl/α,β-unsaturated/α-hetero) is 1. The zero-order valence-electron chi connectivity index (χ0n) is 17.2. The van der Waals surface area contributed by atoms with Gasteiger partial charge in [0.25, 0.3) is 5.91 Å². The standard InChI is InChI=1S/C22H20ClN3O5S/c1-15(27)16-5-7-19(8-6-16)32(29,30)26-11-9-25(10-12-26)22(28)20-14-21(31-24-20)17-3-2-4-18(23)13-17/h2-8,13-14H,9-12H2,1H3. The quantitative estimate of drug-likeness (QED) is 0.527. The summed E-state index contributed by atoms with van der Waals surface area (Å²) in [4.78, 5) is 25.9. The minimum absolute atomic E-state index is 0.116. The van der Waals surface area contributed by atoms with E-state index in [1.807, 2.05) is 0 Å². The zero-order valence-corrected chi connectivity index (χ0v) is 18.8. The van der Waals surface area contributed by atoms with Gasteiger partial charge in [0.05, 0.1) is 4.90 Å². The first kappa shape index (κ1) is 22.2. The number of hydrogen-bond acceptors (Lipinski definition) is 6. The fraction of sp³-hybridized carbons (Fsp3) is 0.227. The monoisotopic (exact) mass is 473 g/mol. The molecule has 0 saturated carbocycles. The number of sulfonamides is 1. The molecule has 2 aromatic carbocycles. The van der Waals surface area contributed by atoms with Crippen molar-refractivity contribution < 1.29 is 22.5 Å². The van der Waals surface area contributed by atoms with Gasteiger partial charge in [0.15, 0.2) is 17.2 Å². The Hall–Kier alpha value is -3.01. The van der Waals surface area contributed by atoms with Gasteiger partial charge in [-0.1, -0.05) is 41.0 Å². The van der Waals surface area contributed by atoms with Crippen molar-refractivity contribution >= 4 is 33.3 Å². The number of halogens is 1. The molecule has 1 saturated heterocycles. The SMILES string of the molecule is CC(=O)c1ccc(S(=O)(=O)N2CCN(C(=O)c3cc(-c4cccc(Cl)c4)on3)CC2)cc1. The van der Waals surface area contributed by atoms with E-state index in [9.17, 15) is 18.0 Å². The second kappa shape index (κ2) is 8.85. The van der Waals surface area contributed by atoms with Gasteiger partial charge in [-0.3, -0.25) is 9.59 Å². The highest BCUT2D eigenvalue weighted by atomic mass is 35.5. The number of rotatable bonds is 5. The Bertz CT molecular complexity index is 1260. The lowest BCUT2D eigenvalue weighted by Crippen LogP contribution is -2.50. The molecule has 0 radical (unpaired) electrons. The number of benzene rings is 2. The molecule has 8 nitrogen and oxygen atoms in total. The smallest absolute Gasteiger partial charge is 0.276 e. The molecule has 4 rings (SSSR count). The van der Waals surface area contributed by atoms with Crippen molar-refractivity contribution in [3.8, 4) is 11.3 Å². The summed E-state index contributed by atoms with van der Waals surface area (Å²) in [5.41, 5.74) is 1.30. The van der Waals surface area contributed by atoms with Crippen LogP contribution in [0.3, 0.4) is 0 Å². The van der Waals surface area contributed by atoms with E-state index in [4.69, 9.17) is 16.1 Å². The van der Waals surface area contributed by atoms with Crippen LogP contribution in [0.5, 0.6) is 0 Å². The summed E-state index contributed by atoms with van der Waals surface area (Å²) in [5.74, 6) is -0.0385. The van der Waals surface area contributed by atoms with Crippen molar-refractivity contribution in [2.24, 2.45) is 0 Å². The van der Waals surface area contributed by atoms with E-state index in [1.54, 1.807) is 35.2 Å². The molecule has 10 heteroatoms. The van der Waals surface area contributed by atoms with Crippen molar-refractivity contribution in [2.75, 3.05) is 26.2 Å². The third-order valence-electron chi connectivity index (χ3n) is 5.26. The number of carbonyl (C=O) groups excluding carboxylic acids is 2. The van der Waals surface area contributed by atoms with Crippen LogP contribution < -0.4 is 0 Å². The average Bonchev–Trinajstić information content (AvgIpc) is 3.29. The first-order chi connectivity index (χ1) is 15.3. The summed E-state index contributed by atoms with van der Waals surface area (Å²) in [6.07, 6.45) is 0. The highest BCUT2D eigenvalue weighted by Crippen LogP contribution is 2.24. The third-order valence-corrected chi connectivity index (χ3v) is 7.41. The molecule has 3 aromatic rings. The highest BCUT2D eigenvalue weighted by Gasteiger charge is 2.31. The summed E-state index contributed by atoms with van der Waals surface area (Å²) in [5, 5.41) is 4.41. The maximum absolute atomic E-state index is 12.9. The molecule has 0 unspecified atom stereocenters. The molecule has 0 atom stereocenters. The Morgan fingerprint density at radius 2 is 1.69 bits per heavy atom. The molecule has 1 aromatic heterocycles. The van der Waals surface area contributed by atoms with E-state index in [0.717, 1.165) is 0 Å². The van der Waals surface area contributed by atoms with Gasteiger partial charge in [0.2, 0.25) is 10.0 Å². The molecule has 1 aliphatic heterocycles. The molecule has 0 aliphatic carbocycles. The van der Waals surface area contributed by atoms with Gasteiger partial charge in [-0.2, -0.15) is 4.31 Å². The number of aromatic nitrogens is 1. The zero-order chi connectivity index (χ0) is 22.9. The molecule has 1 fully saturated rings. The van der Waals surface area contributed by atoms with Crippen LogP contribution in [0.2, 0.25) is 5.02 Å². The average molecular weight is 474 g/mol. The maximum Gasteiger partial charge on any atom is 0.276 e. The molecule has 1 amide bonds. The van der Waals surface area contributed by atoms with Crippen LogP contribution in [-0.4, -0.2) is 60.6 Å². The first-order valence-corrected chi connectivity index (χ1v) is 11.7. The number of ketones is 1. The van der Waals surface area contributed by atoms with Gasteiger partial charge >= 0.3 is 0 Å². The van der Waals surface area contributed by atoms with Gasteiger partial charge in [0, 0.05) is 48.4 Å². The molecular weight excluding hydrogens is 454 g/mol. The normalized spacial score (nSPS) is 15.0. The van der Waals surface area contributed by atoms with Gasteiger partial charge in [-0.25, -0.2) is 8.42 Å². The molecule has 0 N–H and O–H groups in total. The summed E-state index contributed by atoms with van der Waals surface area (Å²) in [6, 6.07) is 14.4. The van der Waals surface area contributed by atoms with E-state index in [0.29, 0.717) is 21.9 Å². The maximum atomic E-state index is 12.9. The van der Waals surface area contributed by atoms with E-state index in [2.05, 4.69) is 5.16 Å². The summed E-state index contributed by atoms with van der Waals surface area (Å²) in [7, 11) is -3.72. The van der Waals surface area contributed by atoms with E-state index >= 15 is 0 Å². The predicted molar refractivity (Wildman–Crippen MR) is 118 cm³/mol. The van der Waals surface area contributed by atoms with E-state index in [-0.39, 0.29) is 48.5 Å². The van der Waals surface area contributed by atoms with Crippen LogP contribution in [0.1, 0.15) is 27.8 Å². The lowest BCUT2D eigenvalue weighted by atomic mass is 10.1. The topological polar surface area (TPSA) is 101 Å². The highest BCUT2D eigenvalue weighted by molar-refractivity contribution is 7.89. The first-order valence-electron chi connectivity index (χ1n) is 9.89. The molecule has 1 aliphatic rings. The lowest BCUT2D eigenvalue weighted by Gasteiger charge is -2.33. The van der Waals surface area contributed by atoms with Crippen molar-refractivity contribution in [1.82, 2.24) is 14.4 Å². The Labute approximate surface area is 190 Å². The largest absolute Gasteiger partial charge is 0.355 e. The van der Waals surface area contributed by atoms with Crippen LogP contribution in [0, 0.1) is 0 Å². The Balaban J connectivity index is 1.42. The fourth-order valence-corrected chi connectivity index (χ4v) is 5.07. The van der Waals surface area contributed by atoms with Gasteiger partial charge < -0.3 is 9.42 Å². The molecule has 32 heavy (non-hydrogen) atoms. The molecular formula is C22H20ClN3O5S. The number of amides is 1. The van der Waals surface area contributed by atoms with Crippen LogP contribution in [-0.2, 0) is 10.0 Å². The van der Waals surface area contributed by atoms with Gasteiger partial charge in [-0.15, -0.1) is 0 Å². The molecule has 2 heterocycles. The second-order valence-electron chi connectivity index (χ2n) is 7.36. The van der Waals surface area contributed by atoms with Crippen molar-refractivity contribution in [3.63, 3.8) is 0 Å². The van der Waals surface area contributed by atoms with Crippen LogP contribution in [0.15, 0.2) is 64.0 Å². The van der Waals surface area contributed by atoms with Crippen molar-refractivity contribution in [1.29, 1.82) is 0 Å². The Morgan fingerprint density at radius 1 is 1.00 bits per heavy atom. The Kier molecular flexibility index (Phi) is 6.14. The lowest BCUT2D eigenvalue weighted by molar-refractivity contribution is 0.0687. The second-order valence-corrected chi connectivity index (χ2v) is 9.74. The van der Waals surface area contributed by atoms with Crippen molar-refractivity contribution in [2.45, 2.75) is 11.8 Å². The summed E-state index contributed by atoms with van der Waals surface area (Å²) in [6.45, 7) is 2.18. The predicted octanol–water partition coefficient (Wildman–Crippen LogP) is 3.34. The Morgan fingerprint density at radius 3 is 2.31 bits per heavy atom. The fourth-order valence-electron chi connectivity index (χ4n) is 3.46. The summed E-state index contributed by atoms with van der Waals surface area (Å²) < 4.78 is 32.4. The van der Waals surface area contributed by atoms with Crippen molar-refractivity contribution in [3.05, 3.63) is 70.9 Å². The van der Waals surface area contributed by atoms with Gasteiger partial charge in [-0.05, 0) is 31.2 Å². The number of carbonyl (C=O) groups is 2. The minimum atomic E-state index is -3.72. The third kappa shape index (κ3) is 4.45. The number of nitrogens with zero attached hydrogens (tertiary/aromatic N) is 3. The van der Waals surface area contributed by atoms with Crippen LogP contribution >= 0.6 is 11.6 Å². The molecule has 0 bridgehead atoms. The minimum Gasteiger partial charge on any atom is -0.355 e. The summed E-state index contributed by atoms with van der Waals surface area (Å²) >= 11 is 6.00. The number of piperazine rings is 1. The van der Waals surface area contributed by atoms with Crippen LogP contribution in [0.4, 0.5) is 0 Å². The van der Waals surface area contributed by atoms with Gasteiger partial charge in [0.1, 0.15) is 0 Å². The molecule has 0 spiro atoms. The number of hydrogen-bond donors (Lipinski definition) is 0. The van der Waals surface area contributed by atoms with E-state index in [1.165, 1.54) is 35.5 Å². The van der Waals surface area contributed by atoms with Crippen LogP contribution in [0.25, 0.3) is 11.3 Å². The van der Waals surface area contributed by atoms with E-state index < -0.39 is 10.0 Å². The molecule has 166 valence electrons.